The van der Waals surface area contributed by atoms with E-state index >= 15 is 0 Å². The first-order valence-electron chi connectivity index (χ1n) is 5.90. The molecule has 0 aliphatic heterocycles. The van der Waals surface area contributed by atoms with Crippen molar-refractivity contribution in [3.63, 3.8) is 0 Å². The molecule has 4 heteroatoms. The SMILES string of the molecule is CSc1ccc(-c2ccnc(CCCO)n2)cc1. The van der Waals surface area contributed by atoms with Crippen molar-refractivity contribution in [2.45, 2.75) is 17.7 Å². The lowest BCUT2D eigenvalue weighted by Gasteiger charge is -2.04. The molecule has 2 rings (SSSR count). The summed E-state index contributed by atoms with van der Waals surface area (Å²) in [6.07, 6.45) is 5.26. The van der Waals surface area contributed by atoms with Gasteiger partial charge in [-0.05, 0) is 30.9 Å². The highest BCUT2D eigenvalue weighted by Gasteiger charge is 2.02. The van der Waals surface area contributed by atoms with E-state index in [1.807, 2.05) is 6.07 Å². The maximum atomic E-state index is 8.81. The summed E-state index contributed by atoms with van der Waals surface area (Å²) >= 11 is 1.73. The van der Waals surface area contributed by atoms with Gasteiger partial charge in [-0.2, -0.15) is 0 Å². The van der Waals surface area contributed by atoms with Gasteiger partial charge in [0.2, 0.25) is 0 Å². The number of rotatable bonds is 5. The van der Waals surface area contributed by atoms with Gasteiger partial charge in [0.15, 0.2) is 0 Å². The van der Waals surface area contributed by atoms with Crippen LogP contribution in [0.15, 0.2) is 41.4 Å². The highest BCUT2D eigenvalue weighted by Crippen LogP contribution is 2.21. The monoisotopic (exact) mass is 260 g/mol. The van der Waals surface area contributed by atoms with Crippen molar-refractivity contribution in [3.8, 4) is 11.3 Å². The molecule has 18 heavy (non-hydrogen) atoms. The van der Waals surface area contributed by atoms with Crippen LogP contribution >= 0.6 is 11.8 Å². The van der Waals surface area contributed by atoms with Crippen LogP contribution in [-0.2, 0) is 6.42 Å². The van der Waals surface area contributed by atoms with Crippen LogP contribution in [0.4, 0.5) is 0 Å². The van der Waals surface area contributed by atoms with Crippen molar-refractivity contribution >= 4 is 11.8 Å². The molecule has 94 valence electrons. The van der Waals surface area contributed by atoms with Crippen molar-refractivity contribution in [2.24, 2.45) is 0 Å². The molecule has 0 amide bonds. The molecule has 0 radical (unpaired) electrons. The fraction of sp³-hybridized carbons (Fsp3) is 0.286. The van der Waals surface area contributed by atoms with Gasteiger partial charge in [-0.1, -0.05) is 12.1 Å². The zero-order chi connectivity index (χ0) is 12.8. The largest absolute Gasteiger partial charge is 0.396 e. The van der Waals surface area contributed by atoms with Crippen molar-refractivity contribution in [2.75, 3.05) is 12.9 Å². The van der Waals surface area contributed by atoms with Crippen LogP contribution < -0.4 is 0 Å². The first kappa shape index (κ1) is 13.1. The predicted octanol–water partition coefficient (Wildman–Crippen LogP) is 2.79. The molecule has 1 aromatic carbocycles. The van der Waals surface area contributed by atoms with E-state index < -0.39 is 0 Å². The quantitative estimate of drug-likeness (QED) is 0.840. The van der Waals surface area contributed by atoms with Crippen molar-refractivity contribution < 1.29 is 5.11 Å². The van der Waals surface area contributed by atoms with E-state index in [9.17, 15) is 0 Å². The van der Waals surface area contributed by atoms with E-state index in [2.05, 4.69) is 40.5 Å². The van der Waals surface area contributed by atoms with Crippen LogP contribution in [-0.4, -0.2) is 27.9 Å². The molecule has 0 saturated carbocycles. The molecule has 0 bridgehead atoms. The number of benzene rings is 1. The Kier molecular flexibility index (Phi) is 4.73. The van der Waals surface area contributed by atoms with Crippen molar-refractivity contribution in [1.82, 2.24) is 9.97 Å². The fourth-order valence-corrected chi connectivity index (χ4v) is 2.09. The molecule has 0 fully saturated rings. The summed E-state index contributed by atoms with van der Waals surface area (Å²) in [5.74, 6) is 0.787. The number of hydrogen-bond acceptors (Lipinski definition) is 4. The van der Waals surface area contributed by atoms with Crippen LogP contribution in [0.2, 0.25) is 0 Å². The maximum Gasteiger partial charge on any atom is 0.129 e. The first-order valence-corrected chi connectivity index (χ1v) is 7.13. The summed E-state index contributed by atoms with van der Waals surface area (Å²) in [5, 5.41) is 8.81. The first-order chi connectivity index (χ1) is 8.83. The third-order valence-electron chi connectivity index (χ3n) is 2.65. The summed E-state index contributed by atoms with van der Waals surface area (Å²) < 4.78 is 0. The molecule has 0 saturated heterocycles. The van der Waals surface area contributed by atoms with Gasteiger partial charge in [-0.3, -0.25) is 0 Å². The molecule has 1 aromatic heterocycles. The number of nitrogens with zero attached hydrogens (tertiary/aromatic N) is 2. The van der Waals surface area contributed by atoms with Gasteiger partial charge in [0.25, 0.3) is 0 Å². The van der Waals surface area contributed by atoms with Gasteiger partial charge in [0, 0.05) is 29.7 Å². The average Bonchev–Trinajstić information content (AvgIpc) is 2.45. The Morgan fingerprint density at radius 1 is 1.17 bits per heavy atom. The van der Waals surface area contributed by atoms with Gasteiger partial charge >= 0.3 is 0 Å². The van der Waals surface area contributed by atoms with Crippen LogP contribution in [0.1, 0.15) is 12.2 Å². The van der Waals surface area contributed by atoms with E-state index in [0.29, 0.717) is 12.8 Å². The van der Waals surface area contributed by atoms with E-state index in [-0.39, 0.29) is 6.61 Å². The second-order valence-corrected chi connectivity index (χ2v) is 4.79. The zero-order valence-electron chi connectivity index (χ0n) is 10.3. The molecule has 1 N–H and O–H groups in total. The Labute approximate surface area is 111 Å². The third-order valence-corrected chi connectivity index (χ3v) is 3.39. The lowest BCUT2D eigenvalue weighted by Crippen LogP contribution is -1.98. The van der Waals surface area contributed by atoms with Crippen molar-refractivity contribution in [1.29, 1.82) is 0 Å². The van der Waals surface area contributed by atoms with Gasteiger partial charge in [-0.15, -0.1) is 11.8 Å². The molecule has 0 spiro atoms. The van der Waals surface area contributed by atoms with Crippen LogP contribution in [0.25, 0.3) is 11.3 Å². The minimum atomic E-state index is 0.177. The zero-order valence-corrected chi connectivity index (χ0v) is 11.2. The smallest absolute Gasteiger partial charge is 0.129 e. The van der Waals surface area contributed by atoms with Crippen LogP contribution in [0.3, 0.4) is 0 Å². The minimum Gasteiger partial charge on any atom is -0.396 e. The summed E-state index contributed by atoms with van der Waals surface area (Å²) in [6.45, 7) is 0.177. The summed E-state index contributed by atoms with van der Waals surface area (Å²) in [5.41, 5.74) is 2.03. The predicted molar refractivity (Wildman–Crippen MR) is 74.7 cm³/mol. The number of aliphatic hydroxyl groups is 1. The van der Waals surface area contributed by atoms with Gasteiger partial charge in [-0.25, -0.2) is 9.97 Å². The third kappa shape index (κ3) is 3.31. The number of aromatic nitrogens is 2. The lowest BCUT2D eigenvalue weighted by atomic mass is 10.1. The molecule has 1 heterocycles. The van der Waals surface area contributed by atoms with E-state index in [0.717, 1.165) is 17.1 Å². The van der Waals surface area contributed by atoms with Crippen LogP contribution in [0, 0.1) is 0 Å². The van der Waals surface area contributed by atoms with Gasteiger partial charge in [0.1, 0.15) is 5.82 Å². The normalized spacial score (nSPS) is 10.6. The number of hydrogen-bond donors (Lipinski definition) is 1. The molecule has 0 unspecified atom stereocenters. The molecule has 0 aliphatic rings. The number of thioether (sulfide) groups is 1. The summed E-state index contributed by atoms with van der Waals surface area (Å²) in [4.78, 5) is 9.96. The maximum absolute atomic E-state index is 8.81. The highest BCUT2D eigenvalue weighted by atomic mass is 32.2. The summed E-state index contributed by atoms with van der Waals surface area (Å²) in [7, 11) is 0. The second kappa shape index (κ2) is 6.52. The Morgan fingerprint density at radius 3 is 2.61 bits per heavy atom. The fourth-order valence-electron chi connectivity index (χ4n) is 1.68. The molecule has 0 aliphatic carbocycles. The Bertz CT molecular complexity index is 499. The Hall–Kier alpha value is -1.39. The molecular weight excluding hydrogens is 244 g/mol. The summed E-state index contributed by atoms with van der Waals surface area (Å²) in [6, 6.07) is 10.2. The van der Waals surface area contributed by atoms with E-state index in [1.54, 1.807) is 18.0 Å². The standard InChI is InChI=1S/C14H16N2OS/c1-18-12-6-4-11(5-7-12)13-8-9-15-14(16-13)3-2-10-17/h4-9,17H,2-3,10H2,1H3. The second-order valence-electron chi connectivity index (χ2n) is 3.91. The average molecular weight is 260 g/mol. The van der Waals surface area contributed by atoms with Crippen LogP contribution in [0.5, 0.6) is 0 Å². The molecule has 3 nitrogen and oxygen atoms in total. The molecule has 2 aromatic rings. The van der Waals surface area contributed by atoms with E-state index in [4.69, 9.17) is 5.11 Å². The van der Waals surface area contributed by atoms with Gasteiger partial charge < -0.3 is 5.11 Å². The lowest BCUT2D eigenvalue weighted by molar-refractivity contribution is 0.287. The minimum absolute atomic E-state index is 0.177. The van der Waals surface area contributed by atoms with Gasteiger partial charge in [0.05, 0.1) is 5.69 Å². The number of aliphatic hydroxyl groups excluding tert-OH is 1. The molecular formula is C14H16N2OS. The highest BCUT2D eigenvalue weighted by molar-refractivity contribution is 7.98. The van der Waals surface area contributed by atoms with Crippen molar-refractivity contribution in [3.05, 3.63) is 42.4 Å². The number of aryl methyl sites for hydroxylation is 1. The Morgan fingerprint density at radius 2 is 1.94 bits per heavy atom. The Balaban J connectivity index is 2.20. The topological polar surface area (TPSA) is 46.0 Å². The molecule has 0 atom stereocenters. The van der Waals surface area contributed by atoms with E-state index in [1.165, 1.54) is 4.90 Å².